The average Bonchev–Trinajstić information content (AvgIpc) is 3.05. The molecule has 5 rings (SSSR count). The van der Waals surface area contributed by atoms with Gasteiger partial charge in [-0.3, -0.25) is 4.98 Å². The van der Waals surface area contributed by atoms with Gasteiger partial charge in [0.1, 0.15) is 12.1 Å². The number of rotatable bonds is 2. The van der Waals surface area contributed by atoms with E-state index < -0.39 is 0 Å². The van der Waals surface area contributed by atoms with E-state index in [2.05, 4.69) is 31.7 Å². The predicted octanol–water partition coefficient (Wildman–Crippen LogP) is 5.09. The smallest absolute Gasteiger partial charge is 0.177 e. The lowest BCUT2D eigenvalue weighted by molar-refractivity contribution is 1.16. The van der Waals surface area contributed by atoms with Crippen LogP contribution in [0.15, 0.2) is 88.4 Å². The van der Waals surface area contributed by atoms with Gasteiger partial charge in [-0.2, -0.15) is 10.5 Å². The van der Waals surface area contributed by atoms with Crippen LogP contribution in [0.4, 0.5) is 0 Å². The maximum Gasteiger partial charge on any atom is 0.177 e. The second kappa shape index (κ2) is 7.37. The summed E-state index contributed by atoms with van der Waals surface area (Å²) in [6, 6.07) is 22.3. The Kier molecular flexibility index (Phi) is 4.39. The van der Waals surface area contributed by atoms with Crippen molar-refractivity contribution in [2.75, 3.05) is 0 Å². The monoisotopic (exact) mass is 400 g/mol. The van der Waals surface area contributed by atoms with Gasteiger partial charge in [-0.05, 0) is 36.8 Å². The lowest BCUT2D eigenvalue weighted by Gasteiger charge is -2.10. The molecule has 0 fully saturated rings. The number of fused-ring (bicyclic) bond motifs is 3. The summed E-state index contributed by atoms with van der Waals surface area (Å²) in [6.07, 6.45) is 4.17. The molecule has 1 aliphatic heterocycles. The fourth-order valence-corrected chi connectivity index (χ4v) is 3.97. The van der Waals surface area contributed by atoms with Crippen molar-refractivity contribution in [1.82, 2.24) is 9.55 Å². The molecule has 0 spiro atoms. The Balaban J connectivity index is 1.63. The van der Waals surface area contributed by atoms with Gasteiger partial charge in [0.25, 0.3) is 0 Å². The number of nitrogens with zero attached hydrogens (tertiary/aromatic N) is 6. The van der Waals surface area contributed by atoms with Crippen LogP contribution >= 0.6 is 0 Å². The van der Waals surface area contributed by atoms with Crippen molar-refractivity contribution in [3.63, 3.8) is 0 Å². The van der Waals surface area contributed by atoms with Crippen molar-refractivity contribution in [2.24, 2.45) is 9.98 Å². The van der Waals surface area contributed by atoms with Gasteiger partial charge in [0.2, 0.25) is 0 Å². The first-order valence-electron chi connectivity index (χ1n) is 9.80. The van der Waals surface area contributed by atoms with Crippen LogP contribution in [0, 0.1) is 22.7 Å². The summed E-state index contributed by atoms with van der Waals surface area (Å²) in [7, 11) is 0. The molecule has 2 aromatic heterocycles. The highest BCUT2D eigenvalue weighted by molar-refractivity contribution is 6.13. The standard InChI is InChI=1S/C25H16N6/c1-16-12-21(30-23(14-27)22(13-26)29-16)17-6-8-18(9-7-17)31-24-5-3-2-4-19(24)20-10-11-28-15-25(20)31/h2-11,15H,12H2,1H3. The minimum Gasteiger partial charge on any atom is -0.308 e. The van der Waals surface area contributed by atoms with Crippen LogP contribution in [0.2, 0.25) is 0 Å². The number of benzene rings is 2. The van der Waals surface area contributed by atoms with Crippen LogP contribution in [-0.4, -0.2) is 21.0 Å². The zero-order valence-corrected chi connectivity index (χ0v) is 16.7. The molecular weight excluding hydrogens is 384 g/mol. The number of aromatic nitrogens is 2. The van der Waals surface area contributed by atoms with Crippen molar-refractivity contribution in [1.29, 1.82) is 10.5 Å². The van der Waals surface area contributed by atoms with Crippen LogP contribution in [0.1, 0.15) is 18.9 Å². The van der Waals surface area contributed by atoms with Gasteiger partial charge in [0.15, 0.2) is 11.4 Å². The van der Waals surface area contributed by atoms with E-state index in [1.54, 1.807) is 0 Å². The maximum atomic E-state index is 9.39. The molecule has 4 aromatic rings. The predicted molar refractivity (Wildman–Crippen MR) is 121 cm³/mol. The minimum atomic E-state index is 0.0481. The second-order valence-electron chi connectivity index (χ2n) is 7.30. The topological polar surface area (TPSA) is 90.1 Å². The molecule has 0 amide bonds. The Hall–Kier alpha value is -4.55. The molecule has 1 aliphatic rings. The summed E-state index contributed by atoms with van der Waals surface area (Å²) in [5.41, 5.74) is 5.63. The van der Waals surface area contributed by atoms with Crippen molar-refractivity contribution in [3.05, 3.63) is 83.9 Å². The lowest BCUT2D eigenvalue weighted by atomic mass is 10.0. The molecule has 0 aliphatic carbocycles. The van der Waals surface area contributed by atoms with Crippen LogP contribution < -0.4 is 0 Å². The van der Waals surface area contributed by atoms with Gasteiger partial charge in [-0.1, -0.05) is 30.3 Å². The number of para-hydroxylation sites is 1. The fourth-order valence-electron chi connectivity index (χ4n) is 3.97. The first kappa shape index (κ1) is 18.5. The SMILES string of the molecule is CC1=NC(C#N)=C(C#N)N=C(c2ccc(-n3c4ccccc4c4ccncc43)cc2)C1. The molecule has 0 saturated heterocycles. The number of aliphatic imine (C=N–C) groups is 2. The summed E-state index contributed by atoms with van der Waals surface area (Å²) >= 11 is 0. The molecule has 3 heterocycles. The van der Waals surface area contributed by atoms with E-state index >= 15 is 0 Å². The zero-order valence-electron chi connectivity index (χ0n) is 16.7. The van der Waals surface area contributed by atoms with Crippen molar-refractivity contribution in [3.8, 4) is 17.8 Å². The van der Waals surface area contributed by atoms with E-state index in [0.29, 0.717) is 6.42 Å². The van der Waals surface area contributed by atoms with Crippen molar-refractivity contribution in [2.45, 2.75) is 13.3 Å². The average molecular weight is 400 g/mol. The Morgan fingerprint density at radius 2 is 1.55 bits per heavy atom. The quantitative estimate of drug-likeness (QED) is 0.469. The largest absolute Gasteiger partial charge is 0.308 e. The Bertz CT molecular complexity index is 1470. The summed E-state index contributed by atoms with van der Waals surface area (Å²) in [4.78, 5) is 13.0. The molecule has 0 unspecified atom stereocenters. The molecule has 0 saturated carbocycles. The number of hydrogen-bond acceptors (Lipinski definition) is 5. The minimum absolute atomic E-state index is 0.0481. The van der Waals surface area contributed by atoms with Gasteiger partial charge < -0.3 is 4.57 Å². The molecule has 31 heavy (non-hydrogen) atoms. The summed E-state index contributed by atoms with van der Waals surface area (Å²) in [5, 5.41) is 21.0. The molecular formula is C25H16N6. The summed E-state index contributed by atoms with van der Waals surface area (Å²) < 4.78 is 2.19. The zero-order chi connectivity index (χ0) is 21.4. The van der Waals surface area contributed by atoms with E-state index in [4.69, 9.17) is 0 Å². The number of nitriles is 2. The second-order valence-corrected chi connectivity index (χ2v) is 7.30. The highest BCUT2D eigenvalue weighted by Gasteiger charge is 2.16. The number of pyridine rings is 1. The van der Waals surface area contributed by atoms with E-state index in [0.717, 1.165) is 39.1 Å². The molecule has 146 valence electrons. The number of hydrogen-bond donors (Lipinski definition) is 0. The van der Waals surface area contributed by atoms with E-state index in [1.165, 1.54) is 5.39 Å². The van der Waals surface area contributed by atoms with Gasteiger partial charge in [-0.25, -0.2) is 9.98 Å². The van der Waals surface area contributed by atoms with Gasteiger partial charge in [0, 0.05) is 34.8 Å². The Labute approximate surface area is 178 Å². The van der Waals surface area contributed by atoms with Gasteiger partial charge in [-0.15, -0.1) is 0 Å². The first-order chi connectivity index (χ1) is 15.2. The van der Waals surface area contributed by atoms with Crippen LogP contribution in [0.25, 0.3) is 27.5 Å². The van der Waals surface area contributed by atoms with Crippen LogP contribution in [0.3, 0.4) is 0 Å². The van der Waals surface area contributed by atoms with E-state index in [1.807, 2.05) is 73.9 Å². The maximum absolute atomic E-state index is 9.39. The Morgan fingerprint density at radius 3 is 2.32 bits per heavy atom. The summed E-state index contributed by atoms with van der Waals surface area (Å²) in [6.45, 7) is 1.84. The molecule has 0 radical (unpaired) electrons. The van der Waals surface area contributed by atoms with Gasteiger partial charge >= 0.3 is 0 Å². The van der Waals surface area contributed by atoms with Crippen LogP contribution in [0.5, 0.6) is 0 Å². The highest BCUT2D eigenvalue weighted by atomic mass is 15.0. The van der Waals surface area contributed by atoms with Gasteiger partial charge in [0.05, 0.1) is 22.9 Å². The van der Waals surface area contributed by atoms with Crippen molar-refractivity contribution < 1.29 is 0 Å². The molecule has 2 aromatic carbocycles. The lowest BCUT2D eigenvalue weighted by Crippen LogP contribution is -2.06. The third kappa shape index (κ3) is 3.08. The van der Waals surface area contributed by atoms with Crippen molar-refractivity contribution >= 4 is 33.2 Å². The molecule has 0 bridgehead atoms. The Morgan fingerprint density at radius 1 is 0.839 bits per heavy atom. The van der Waals surface area contributed by atoms with Crippen LogP contribution in [-0.2, 0) is 0 Å². The summed E-state index contributed by atoms with van der Waals surface area (Å²) in [5.74, 6) is 0. The molecule has 0 N–H and O–H groups in total. The van der Waals surface area contributed by atoms with E-state index in [-0.39, 0.29) is 11.4 Å². The fraction of sp³-hybridized carbons (Fsp3) is 0.0800. The number of allylic oxidation sites excluding steroid dienone is 2. The molecule has 0 atom stereocenters. The normalized spacial score (nSPS) is 14.0. The highest BCUT2D eigenvalue weighted by Crippen LogP contribution is 2.31. The van der Waals surface area contributed by atoms with E-state index in [9.17, 15) is 10.5 Å². The molecule has 6 nitrogen and oxygen atoms in total. The molecule has 6 heteroatoms. The first-order valence-corrected chi connectivity index (χ1v) is 9.80. The third-order valence-corrected chi connectivity index (χ3v) is 5.34. The third-order valence-electron chi connectivity index (χ3n) is 5.34.